The summed E-state index contributed by atoms with van der Waals surface area (Å²) in [6.45, 7) is 2.67. The van der Waals surface area contributed by atoms with E-state index in [4.69, 9.17) is 0 Å². The Morgan fingerprint density at radius 2 is 2.08 bits per heavy atom. The Kier molecular flexibility index (Phi) is 7.00. The molecule has 0 aromatic rings. The zero-order chi connectivity index (χ0) is 9.40. The van der Waals surface area contributed by atoms with Gasteiger partial charge in [-0.2, -0.15) is 0 Å². The molecular weight excluding hydrogens is 152 g/mol. The maximum absolute atomic E-state index is 10.8. The highest BCUT2D eigenvalue weighted by atomic mass is 16.1. The summed E-state index contributed by atoms with van der Waals surface area (Å²) in [4.78, 5) is 10.8. The van der Waals surface area contributed by atoms with Gasteiger partial charge in [-0.15, -0.1) is 0 Å². The van der Waals surface area contributed by atoms with Gasteiger partial charge in [0.1, 0.15) is 5.78 Å². The standard InChI is InChI=1S/C9H20N2O/c1-8(12)7-9(11-3)5-4-6-10-2/h9-11H,4-7H2,1-3H3. The van der Waals surface area contributed by atoms with E-state index in [2.05, 4.69) is 10.6 Å². The van der Waals surface area contributed by atoms with Crippen LogP contribution in [0.3, 0.4) is 0 Å². The highest BCUT2D eigenvalue weighted by molar-refractivity contribution is 5.76. The lowest BCUT2D eigenvalue weighted by atomic mass is 10.1. The molecule has 0 rings (SSSR count). The molecule has 0 saturated carbocycles. The fourth-order valence-corrected chi connectivity index (χ4v) is 1.22. The summed E-state index contributed by atoms with van der Waals surface area (Å²) >= 11 is 0. The fourth-order valence-electron chi connectivity index (χ4n) is 1.22. The molecule has 0 aromatic heterocycles. The van der Waals surface area contributed by atoms with Crippen LogP contribution in [0.15, 0.2) is 0 Å². The van der Waals surface area contributed by atoms with Crippen LogP contribution in [0.25, 0.3) is 0 Å². The topological polar surface area (TPSA) is 41.1 Å². The van der Waals surface area contributed by atoms with Gasteiger partial charge in [0.2, 0.25) is 0 Å². The van der Waals surface area contributed by atoms with Crippen LogP contribution in [0.5, 0.6) is 0 Å². The molecular formula is C9H20N2O. The number of nitrogens with one attached hydrogen (secondary N) is 2. The molecule has 0 aromatic carbocycles. The van der Waals surface area contributed by atoms with E-state index in [-0.39, 0.29) is 5.78 Å². The highest BCUT2D eigenvalue weighted by Crippen LogP contribution is 2.01. The quantitative estimate of drug-likeness (QED) is 0.551. The predicted molar refractivity (Wildman–Crippen MR) is 51.3 cm³/mol. The summed E-state index contributed by atoms with van der Waals surface area (Å²) in [5.74, 6) is 0.263. The Balaban J connectivity index is 3.46. The number of hydrogen-bond acceptors (Lipinski definition) is 3. The van der Waals surface area contributed by atoms with Crippen molar-refractivity contribution in [2.45, 2.75) is 32.2 Å². The van der Waals surface area contributed by atoms with Crippen molar-refractivity contribution in [2.24, 2.45) is 0 Å². The van der Waals surface area contributed by atoms with Crippen LogP contribution in [0.4, 0.5) is 0 Å². The maximum Gasteiger partial charge on any atom is 0.131 e. The van der Waals surface area contributed by atoms with Gasteiger partial charge in [-0.05, 0) is 40.4 Å². The molecule has 0 heterocycles. The van der Waals surface area contributed by atoms with E-state index < -0.39 is 0 Å². The van der Waals surface area contributed by atoms with Gasteiger partial charge in [-0.1, -0.05) is 0 Å². The predicted octanol–water partition coefficient (Wildman–Crippen LogP) is 0.553. The summed E-state index contributed by atoms with van der Waals surface area (Å²) in [5.41, 5.74) is 0. The first kappa shape index (κ1) is 11.6. The van der Waals surface area contributed by atoms with Crippen molar-refractivity contribution in [1.29, 1.82) is 0 Å². The minimum atomic E-state index is 0.263. The smallest absolute Gasteiger partial charge is 0.131 e. The molecule has 1 unspecified atom stereocenters. The first-order valence-electron chi connectivity index (χ1n) is 4.52. The molecule has 2 N–H and O–H groups in total. The molecule has 0 bridgehead atoms. The van der Waals surface area contributed by atoms with Gasteiger partial charge in [0.25, 0.3) is 0 Å². The van der Waals surface area contributed by atoms with Gasteiger partial charge in [0, 0.05) is 12.5 Å². The first-order chi connectivity index (χ1) is 5.70. The summed E-state index contributed by atoms with van der Waals surface area (Å²) in [6.07, 6.45) is 2.84. The molecule has 0 aliphatic heterocycles. The zero-order valence-corrected chi connectivity index (χ0v) is 8.31. The van der Waals surface area contributed by atoms with Crippen molar-refractivity contribution < 1.29 is 4.79 Å². The Hall–Kier alpha value is -0.410. The molecule has 1 atom stereocenters. The van der Waals surface area contributed by atoms with E-state index in [1.807, 2.05) is 14.1 Å². The second-order valence-electron chi connectivity index (χ2n) is 3.14. The van der Waals surface area contributed by atoms with Crippen molar-refractivity contribution in [3.05, 3.63) is 0 Å². The number of rotatable bonds is 7. The summed E-state index contributed by atoms with van der Waals surface area (Å²) in [6, 6.07) is 0.357. The Labute approximate surface area is 74.9 Å². The lowest BCUT2D eigenvalue weighted by molar-refractivity contribution is -0.117. The second kappa shape index (κ2) is 7.25. The Morgan fingerprint density at radius 3 is 2.50 bits per heavy atom. The van der Waals surface area contributed by atoms with Crippen molar-refractivity contribution >= 4 is 5.78 Å². The summed E-state index contributed by atoms with van der Waals surface area (Å²) in [5, 5.41) is 6.23. The van der Waals surface area contributed by atoms with Crippen molar-refractivity contribution in [3.63, 3.8) is 0 Å². The monoisotopic (exact) mass is 172 g/mol. The van der Waals surface area contributed by atoms with Crippen LogP contribution in [0.2, 0.25) is 0 Å². The van der Waals surface area contributed by atoms with E-state index in [0.29, 0.717) is 12.5 Å². The van der Waals surface area contributed by atoms with Gasteiger partial charge in [0.15, 0.2) is 0 Å². The van der Waals surface area contributed by atoms with Crippen molar-refractivity contribution in [2.75, 3.05) is 20.6 Å². The maximum atomic E-state index is 10.8. The largest absolute Gasteiger partial charge is 0.320 e. The fraction of sp³-hybridized carbons (Fsp3) is 0.889. The number of carbonyl (C=O) groups excluding carboxylic acids is 1. The first-order valence-corrected chi connectivity index (χ1v) is 4.52. The summed E-state index contributed by atoms with van der Waals surface area (Å²) in [7, 11) is 3.85. The minimum absolute atomic E-state index is 0.263. The van der Waals surface area contributed by atoms with E-state index in [1.54, 1.807) is 6.92 Å². The minimum Gasteiger partial charge on any atom is -0.320 e. The molecule has 0 amide bonds. The molecule has 3 heteroatoms. The van der Waals surface area contributed by atoms with E-state index in [0.717, 1.165) is 19.4 Å². The van der Waals surface area contributed by atoms with Crippen LogP contribution >= 0.6 is 0 Å². The summed E-state index contributed by atoms with van der Waals surface area (Å²) < 4.78 is 0. The van der Waals surface area contributed by atoms with Crippen LogP contribution in [-0.4, -0.2) is 32.5 Å². The van der Waals surface area contributed by atoms with Crippen molar-refractivity contribution in [1.82, 2.24) is 10.6 Å². The molecule has 0 spiro atoms. The third kappa shape index (κ3) is 6.31. The number of hydrogen-bond donors (Lipinski definition) is 2. The third-order valence-electron chi connectivity index (χ3n) is 1.92. The molecule has 0 radical (unpaired) electrons. The molecule has 0 aliphatic carbocycles. The average molecular weight is 172 g/mol. The lowest BCUT2D eigenvalue weighted by Gasteiger charge is -2.13. The van der Waals surface area contributed by atoms with Gasteiger partial charge >= 0.3 is 0 Å². The van der Waals surface area contributed by atoms with Gasteiger partial charge in [0.05, 0.1) is 0 Å². The number of carbonyl (C=O) groups is 1. The lowest BCUT2D eigenvalue weighted by Crippen LogP contribution is -2.28. The normalized spacial score (nSPS) is 12.9. The van der Waals surface area contributed by atoms with Gasteiger partial charge in [-0.25, -0.2) is 0 Å². The van der Waals surface area contributed by atoms with Crippen LogP contribution in [0.1, 0.15) is 26.2 Å². The molecule has 0 saturated heterocycles. The van der Waals surface area contributed by atoms with Crippen LogP contribution in [-0.2, 0) is 4.79 Å². The van der Waals surface area contributed by atoms with Crippen LogP contribution < -0.4 is 10.6 Å². The molecule has 0 fully saturated rings. The number of ketones is 1. The van der Waals surface area contributed by atoms with E-state index >= 15 is 0 Å². The van der Waals surface area contributed by atoms with Gasteiger partial charge in [-0.3, -0.25) is 4.79 Å². The third-order valence-corrected chi connectivity index (χ3v) is 1.92. The number of Topliss-reactive ketones (excluding diaryl/α,β-unsaturated/α-hetero) is 1. The SMILES string of the molecule is CNCCCC(CC(C)=O)NC. The average Bonchev–Trinajstić information content (AvgIpc) is 2.02. The van der Waals surface area contributed by atoms with Crippen molar-refractivity contribution in [3.8, 4) is 0 Å². The second-order valence-corrected chi connectivity index (χ2v) is 3.14. The van der Waals surface area contributed by atoms with E-state index in [9.17, 15) is 4.79 Å². The highest BCUT2D eigenvalue weighted by Gasteiger charge is 2.07. The molecule has 0 aliphatic rings. The van der Waals surface area contributed by atoms with Gasteiger partial charge < -0.3 is 10.6 Å². The molecule has 12 heavy (non-hydrogen) atoms. The van der Waals surface area contributed by atoms with Crippen LogP contribution in [0, 0.1) is 0 Å². The Morgan fingerprint density at radius 1 is 1.42 bits per heavy atom. The zero-order valence-electron chi connectivity index (χ0n) is 8.31. The Bertz CT molecular complexity index is 126. The van der Waals surface area contributed by atoms with E-state index in [1.165, 1.54) is 0 Å². The molecule has 72 valence electrons. The molecule has 3 nitrogen and oxygen atoms in total.